The molecular weight excluding hydrogens is 375 g/mol. The largest absolute Gasteiger partial charge is 0.298 e. The van der Waals surface area contributed by atoms with Crippen LogP contribution in [0.25, 0.3) is 0 Å². The number of benzene rings is 1. The predicted octanol–water partition coefficient (Wildman–Crippen LogP) is 3.52. The van der Waals surface area contributed by atoms with E-state index in [2.05, 4.69) is 56.7 Å². The van der Waals surface area contributed by atoms with Gasteiger partial charge in [0.15, 0.2) is 0 Å². The first-order valence-corrected chi connectivity index (χ1v) is 7.50. The number of alkyl halides is 1. The Morgan fingerprint density at radius 2 is 2.29 bits per heavy atom. The fourth-order valence-corrected chi connectivity index (χ4v) is 2.26. The van der Waals surface area contributed by atoms with Crippen molar-refractivity contribution in [3.63, 3.8) is 0 Å². The van der Waals surface area contributed by atoms with Gasteiger partial charge in [0.1, 0.15) is 5.78 Å². The normalized spacial score (nSPS) is 10.2. The van der Waals surface area contributed by atoms with Crippen molar-refractivity contribution in [3.8, 4) is 0 Å². The van der Waals surface area contributed by atoms with Gasteiger partial charge in [-0.05, 0) is 52.6 Å². The average molecular weight is 385 g/mol. The number of halogens is 2. The van der Waals surface area contributed by atoms with E-state index < -0.39 is 0 Å². The predicted molar refractivity (Wildman–Crippen MR) is 73.4 cm³/mol. The van der Waals surface area contributed by atoms with Gasteiger partial charge in [0, 0.05) is 14.9 Å². The molecule has 1 aromatic rings. The fraction of sp³-hybridized carbons (Fsp3) is 0.300. The van der Waals surface area contributed by atoms with E-state index >= 15 is 0 Å². The summed E-state index contributed by atoms with van der Waals surface area (Å²) in [6.45, 7) is 0. The van der Waals surface area contributed by atoms with Gasteiger partial charge in [0.2, 0.25) is 0 Å². The summed E-state index contributed by atoms with van der Waals surface area (Å²) in [6, 6.07) is 6.23. The number of carbonyl (C=O) groups is 1. The maximum atomic E-state index is 11.3. The van der Waals surface area contributed by atoms with Crippen LogP contribution in [0, 0.1) is 3.57 Å². The van der Waals surface area contributed by atoms with Gasteiger partial charge in [-0.2, -0.15) is 0 Å². The van der Waals surface area contributed by atoms with Gasteiger partial charge in [-0.25, -0.2) is 0 Å². The molecule has 0 spiro atoms. The zero-order valence-corrected chi connectivity index (χ0v) is 12.3. The van der Waals surface area contributed by atoms with Crippen molar-refractivity contribution in [1.82, 2.24) is 0 Å². The molecule has 0 aliphatic rings. The quantitative estimate of drug-likeness (QED) is 0.449. The zero-order chi connectivity index (χ0) is 10.6. The third kappa shape index (κ3) is 3.55. The molecule has 0 unspecified atom stereocenters. The number of Topliss-reactive ketones (excluding diaryl/α,β-unsaturated/α-hetero) is 1. The van der Waals surface area contributed by atoms with Crippen molar-refractivity contribution < 1.29 is 4.79 Å². The summed E-state index contributed by atoms with van der Waals surface area (Å²) < 4.78 is 1.16. The topological polar surface area (TPSA) is 17.1 Å². The number of hydrogen-bond donors (Lipinski definition) is 0. The third-order valence-electron chi connectivity index (χ3n) is 1.79. The molecule has 0 heterocycles. The highest BCUT2D eigenvalue weighted by atomic mass is 127. The van der Waals surface area contributed by atoms with E-state index in [-0.39, 0.29) is 5.78 Å². The Hall–Kier alpha value is 0.450. The second kappa shape index (κ2) is 6.12. The lowest BCUT2D eigenvalue weighted by Crippen LogP contribution is -2.04. The maximum absolute atomic E-state index is 11.3. The highest BCUT2D eigenvalue weighted by Gasteiger charge is 2.06. The lowest BCUT2D eigenvalue weighted by molar-refractivity contribution is -0.115. The summed E-state index contributed by atoms with van der Waals surface area (Å²) >= 11 is 7.14. The molecule has 76 valence electrons. The lowest BCUT2D eigenvalue weighted by Gasteiger charge is -2.04. The number of hydrogen-bond acceptors (Lipinski definition) is 2. The maximum Gasteiger partial charge on any atom is 0.147 e. The Morgan fingerprint density at radius 1 is 1.57 bits per heavy atom. The van der Waals surface area contributed by atoms with E-state index in [1.165, 1.54) is 4.90 Å². The lowest BCUT2D eigenvalue weighted by atomic mass is 10.1. The summed E-state index contributed by atoms with van der Waals surface area (Å²) in [5.41, 5.74) is 1.13. The van der Waals surface area contributed by atoms with Crippen LogP contribution in [0.15, 0.2) is 23.1 Å². The minimum absolute atomic E-state index is 0.223. The van der Waals surface area contributed by atoms with E-state index in [1.54, 1.807) is 11.8 Å². The van der Waals surface area contributed by atoms with Crippen LogP contribution in [0.5, 0.6) is 0 Å². The molecule has 0 bridgehead atoms. The van der Waals surface area contributed by atoms with Crippen molar-refractivity contribution in [2.24, 2.45) is 0 Å². The molecule has 0 saturated heterocycles. The average Bonchev–Trinajstić information content (AvgIpc) is 2.21. The molecule has 14 heavy (non-hydrogen) atoms. The highest BCUT2D eigenvalue weighted by Crippen LogP contribution is 2.21. The molecular formula is C10H10BrIOS. The van der Waals surface area contributed by atoms with Gasteiger partial charge < -0.3 is 0 Å². The zero-order valence-electron chi connectivity index (χ0n) is 7.72. The Kier molecular flexibility index (Phi) is 5.48. The van der Waals surface area contributed by atoms with Gasteiger partial charge in [-0.3, -0.25) is 4.79 Å². The Balaban J connectivity index is 2.89. The first-order chi connectivity index (χ1) is 6.67. The van der Waals surface area contributed by atoms with Crippen LogP contribution in [-0.2, 0) is 11.2 Å². The molecule has 0 radical (unpaired) electrons. The van der Waals surface area contributed by atoms with Crippen LogP contribution in [0.1, 0.15) is 5.56 Å². The molecule has 1 rings (SSSR count). The SMILES string of the molecule is CSc1ccc(I)c(CC(=O)CBr)c1. The van der Waals surface area contributed by atoms with Gasteiger partial charge >= 0.3 is 0 Å². The Labute approximate surface area is 110 Å². The molecule has 0 aliphatic carbocycles. The molecule has 1 aromatic carbocycles. The fourth-order valence-electron chi connectivity index (χ4n) is 1.07. The van der Waals surface area contributed by atoms with Crippen LogP contribution in [0.3, 0.4) is 0 Å². The van der Waals surface area contributed by atoms with Crippen LogP contribution < -0.4 is 0 Å². The third-order valence-corrected chi connectivity index (χ3v) is 4.19. The van der Waals surface area contributed by atoms with Gasteiger partial charge in [-0.1, -0.05) is 15.9 Å². The first kappa shape index (κ1) is 12.5. The van der Waals surface area contributed by atoms with Crippen molar-refractivity contribution in [2.75, 3.05) is 11.6 Å². The minimum Gasteiger partial charge on any atom is -0.298 e. The Morgan fingerprint density at radius 3 is 2.86 bits per heavy atom. The molecule has 0 amide bonds. The van der Waals surface area contributed by atoms with Crippen molar-refractivity contribution in [2.45, 2.75) is 11.3 Å². The van der Waals surface area contributed by atoms with E-state index in [9.17, 15) is 4.79 Å². The van der Waals surface area contributed by atoms with E-state index in [0.29, 0.717) is 11.8 Å². The molecule has 0 aliphatic heterocycles. The van der Waals surface area contributed by atoms with Crippen molar-refractivity contribution in [1.29, 1.82) is 0 Å². The van der Waals surface area contributed by atoms with Gasteiger partial charge in [0.25, 0.3) is 0 Å². The molecule has 0 saturated carbocycles. The van der Waals surface area contributed by atoms with Crippen LogP contribution in [-0.4, -0.2) is 17.4 Å². The summed E-state index contributed by atoms with van der Waals surface area (Å²) in [4.78, 5) is 12.5. The van der Waals surface area contributed by atoms with Gasteiger partial charge in [0.05, 0.1) is 5.33 Å². The monoisotopic (exact) mass is 384 g/mol. The molecule has 0 N–H and O–H groups in total. The standard InChI is InChI=1S/C10H10BrIOS/c1-14-9-2-3-10(12)7(5-9)4-8(13)6-11/h2-3,5H,4,6H2,1H3. The molecule has 0 aromatic heterocycles. The number of rotatable bonds is 4. The van der Waals surface area contributed by atoms with E-state index in [1.807, 2.05) is 6.26 Å². The van der Waals surface area contributed by atoms with Crippen LogP contribution >= 0.6 is 50.3 Å². The minimum atomic E-state index is 0.223. The van der Waals surface area contributed by atoms with E-state index in [4.69, 9.17) is 0 Å². The molecule has 1 nitrogen and oxygen atoms in total. The highest BCUT2D eigenvalue weighted by molar-refractivity contribution is 14.1. The second-order valence-corrected chi connectivity index (χ2v) is 5.41. The summed E-state index contributed by atoms with van der Waals surface area (Å²) in [7, 11) is 0. The summed E-state index contributed by atoms with van der Waals surface area (Å²) in [6.07, 6.45) is 2.57. The first-order valence-electron chi connectivity index (χ1n) is 4.07. The smallest absolute Gasteiger partial charge is 0.147 e. The number of carbonyl (C=O) groups excluding carboxylic acids is 1. The van der Waals surface area contributed by atoms with Crippen LogP contribution in [0.4, 0.5) is 0 Å². The van der Waals surface area contributed by atoms with Crippen molar-refractivity contribution >= 4 is 56.1 Å². The van der Waals surface area contributed by atoms with Crippen molar-refractivity contribution in [3.05, 3.63) is 27.3 Å². The molecule has 4 heteroatoms. The Bertz CT molecular complexity index is 341. The number of ketones is 1. The van der Waals surface area contributed by atoms with E-state index in [0.717, 1.165) is 9.13 Å². The number of thioether (sulfide) groups is 1. The van der Waals surface area contributed by atoms with Gasteiger partial charge in [-0.15, -0.1) is 11.8 Å². The molecule has 0 atom stereocenters. The van der Waals surface area contributed by atoms with Crippen LogP contribution in [0.2, 0.25) is 0 Å². The summed E-state index contributed by atoms with van der Waals surface area (Å²) in [5, 5.41) is 0.437. The molecule has 0 fully saturated rings. The second-order valence-electron chi connectivity index (χ2n) is 2.81. The summed E-state index contributed by atoms with van der Waals surface area (Å²) in [5.74, 6) is 0.223.